The molecule has 0 spiro atoms. The predicted molar refractivity (Wildman–Crippen MR) is 91.0 cm³/mol. The lowest BCUT2D eigenvalue weighted by Gasteiger charge is -2.29. The monoisotopic (exact) mass is 358 g/mol. The van der Waals surface area contributed by atoms with Crippen LogP contribution in [0.25, 0.3) is 0 Å². The first kappa shape index (κ1) is 16.8. The van der Waals surface area contributed by atoms with Crippen molar-refractivity contribution in [1.82, 2.24) is 20.8 Å². The highest BCUT2D eigenvalue weighted by atomic mass is 16.7. The zero-order chi connectivity index (χ0) is 18.1. The summed E-state index contributed by atoms with van der Waals surface area (Å²) in [5.74, 6) is -0.496. The Morgan fingerprint density at radius 1 is 1.04 bits per heavy atom. The third kappa shape index (κ3) is 3.37. The van der Waals surface area contributed by atoms with Gasteiger partial charge in [0.1, 0.15) is 12.6 Å². The lowest BCUT2D eigenvalue weighted by atomic mass is 10.0. The number of hydrogen-bond acceptors (Lipinski definition) is 4. The second-order valence-corrected chi connectivity index (χ2v) is 7.02. The van der Waals surface area contributed by atoms with Crippen LogP contribution in [0, 0.1) is 5.92 Å². The molecule has 3 fully saturated rings. The van der Waals surface area contributed by atoms with Gasteiger partial charge in [-0.15, -0.1) is 0 Å². The van der Waals surface area contributed by atoms with Crippen LogP contribution in [0.4, 0.5) is 4.79 Å². The molecule has 3 aliphatic rings. The lowest BCUT2D eigenvalue weighted by molar-refractivity contribution is -0.140. The summed E-state index contributed by atoms with van der Waals surface area (Å²) in [4.78, 5) is 43.9. The average molecular weight is 358 g/mol. The van der Waals surface area contributed by atoms with Gasteiger partial charge in [-0.3, -0.25) is 25.3 Å². The van der Waals surface area contributed by atoms with Crippen molar-refractivity contribution < 1.29 is 19.2 Å². The molecule has 0 aromatic heterocycles. The van der Waals surface area contributed by atoms with Crippen molar-refractivity contribution in [3.05, 3.63) is 35.9 Å². The molecule has 2 heterocycles. The van der Waals surface area contributed by atoms with Crippen LogP contribution in [0.1, 0.15) is 31.2 Å². The van der Waals surface area contributed by atoms with Crippen molar-refractivity contribution in [1.29, 1.82) is 0 Å². The van der Waals surface area contributed by atoms with E-state index in [-0.39, 0.29) is 29.8 Å². The van der Waals surface area contributed by atoms with Crippen molar-refractivity contribution >= 4 is 17.8 Å². The van der Waals surface area contributed by atoms with Crippen molar-refractivity contribution in [2.75, 3.05) is 6.54 Å². The van der Waals surface area contributed by atoms with Crippen LogP contribution in [0.3, 0.4) is 0 Å². The number of rotatable bonds is 5. The van der Waals surface area contributed by atoms with E-state index in [4.69, 9.17) is 4.84 Å². The fourth-order valence-electron chi connectivity index (χ4n) is 3.44. The number of nitrogens with zero attached hydrogens (tertiary/aromatic N) is 2. The summed E-state index contributed by atoms with van der Waals surface area (Å²) in [5.41, 5.74) is 5.89. The molecule has 2 atom stereocenters. The first-order chi connectivity index (χ1) is 12.6. The topological polar surface area (TPSA) is 91.0 Å². The van der Waals surface area contributed by atoms with Gasteiger partial charge in [0.2, 0.25) is 5.91 Å². The van der Waals surface area contributed by atoms with Crippen molar-refractivity contribution in [2.24, 2.45) is 5.92 Å². The molecule has 1 aromatic carbocycles. The number of carbonyl (C=O) groups is 3. The molecule has 138 valence electrons. The van der Waals surface area contributed by atoms with Gasteiger partial charge in [0, 0.05) is 12.5 Å². The zero-order valence-corrected chi connectivity index (χ0v) is 14.4. The van der Waals surface area contributed by atoms with Gasteiger partial charge in [-0.25, -0.2) is 4.79 Å². The van der Waals surface area contributed by atoms with Gasteiger partial charge in [-0.05, 0) is 31.2 Å². The summed E-state index contributed by atoms with van der Waals surface area (Å²) in [5, 5.41) is 1.39. The largest absolute Gasteiger partial charge is 0.345 e. The van der Waals surface area contributed by atoms with Crippen LogP contribution < -0.4 is 10.9 Å². The van der Waals surface area contributed by atoms with E-state index in [0.29, 0.717) is 26.0 Å². The summed E-state index contributed by atoms with van der Waals surface area (Å²) < 4.78 is 0. The van der Waals surface area contributed by atoms with Crippen molar-refractivity contribution in [2.45, 2.75) is 44.4 Å². The van der Waals surface area contributed by atoms with E-state index < -0.39 is 6.04 Å². The minimum absolute atomic E-state index is 0.0151. The molecular weight excluding hydrogens is 336 g/mol. The van der Waals surface area contributed by atoms with Gasteiger partial charge < -0.3 is 4.90 Å². The Kier molecular flexibility index (Phi) is 4.50. The fraction of sp³-hybridized carbons (Fsp3) is 0.500. The second kappa shape index (κ2) is 6.95. The van der Waals surface area contributed by atoms with Crippen LogP contribution in [-0.2, 0) is 21.0 Å². The summed E-state index contributed by atoms with van der Waals surface area (Å²) >= 11 is 0. The molecule has 2 saturated heterocycles. The van der Waals surface area contributed by atoms with Gasteiger partial charge in [0.15, 0.2) is 0 Å². The molecule has 2 N–H and O–H groups in total. The molecule has 4 amide bonds. The minimum Gasteiger partial charge on any atom is -0.309 e. The maximum absolute atomic E-state index is 12.6. The van der Waals surface area contributed by atoms with E-state index in [1.54, 1.807) is 0 Å². The van der Waals surface area contributed by atoms with Gasteiger partial charge in [-0.2, -0.15) is 5.06 Å². The highest BCUT2D eigenvalue weighted by Gasteiger charge is 2.48. The number of hydrogen-bond donors (Lipinski definition) is 2. The van der Waals surface area contributed by atoms with E-state index in [1.165, 1.54) is 9.96 Å². The molecule has 8 heteroatoms. The summed E-state index contributed by atoms with van der Waals surface area (Å²) in [7, 11) is 0. The number of benzene rings is 1. The number of hydrazine groups is 1. The summed E-state index contributed by atoms with van der Waals surface area (Å²) in [6.45, 7) is 0.771. The van der Waals surface area contributed by atoms with Crippen LogP contribution >= 0.6 is 0 Å². The van der Waals surface area contributed by atoms with Crippen LogP contribution in [0.2, 0.25) is 0 Å². The Morgan fingerprint density at radius 3 is 2.50 bits per heavy atom. The minimum atomic E-state index is -0.580. The summed E-state index contributed by atoms with van der Waals surface area (Å²) in [6, 6.07) is 8.72. The predicted octanol–water partition coefficient (Wildman–Crippen LogP) is 0.944. The highest BCUT2D eigenvalue weighted by molar-refractivity contribution is 5.90. The number of urea groups is 1. The smallest absolute Gasteiger partial charge is 0.309 e. The normalized spacial score (nSPS) is 24.5. The lowest BCUT2D eigenvalue weighted by Crippen LogP contribution is -2.54. The van der Waals surface area contributed by atoms with E-state index in [1.807, 2.05) is 30.3 Å². The fourth-order valence-corrected chi connectivity index (χ4v) is 3.44. The first-order valence-corrected chi connectivity index (χ1v) is 9.00. The number of fused-ring (bicyclic) bond motifs is 2. The molecule has 8 nitrogen and oxygen atoms in total. The van der Waals surface area contributed by atoms with Crippen molar-refractivity contribution in [3.8, 4) is 0 Å². The number of amides is 4. The molecule has 1 aliphatic carbocycles. The van der Waals surface area contributed by atoms with E-state index in [9.17, 15) is 14.4 Å². The second-order valence-electron chi connectivity index (χ2n) is 7.02. The van der Waals surface area contributed by atoms with Crippen LogP contribution in [0.5, 0.6) is 0 Å². The number of carbonyl (C=O) groups excluding carboxylic acids is 3. The molecule has 0 radical (unpaired) electrons. The summed E-state index contributed by atoms with van der Waals surface area (Å²) in [6.07, 6.45) is 2.97. The molecule has 2 aliphatic heterocycles. The van der Waals surface area contributed by atoms with E-state index >= 15 is 0 Å². The van der Waals surface area contributed by atoms with Gasteiger partial charge in [-0.1, -0.05) is 30.3 Å². The number of nitrogens with one attached hydrogen (secondary N) is 2. The Hall–Kier alpha value is -2.61. The standard InChI is InChI=1S/C18H22N4O4/c23-16(13-6-7-13)19-20-17(24)15-9-8-14-10-21(15)18(25)22(14)26-11-12-4-2-1-3-5-12/h1-5,13-15H,6-11H2,(H,19,23)(H,20,24)/t14-,15+/m1/s1. The van der Waals surface area contributed by atoms with E-state index in [0.717, 1.165) is 18.4 Å². The number of piperidine rings is 1. The molecule has 1 saturated carbocycles. The molecule has 2 bridgehead atoms. The molecule has 1 aromatic rings. The Bertz CT molecular complexity index is 706. The van der Waals surface area contributed by atoms with Gasteiger partial charge in [0.25, 0.3) is 5.91 Å². The quantitative estimate of drug-likeness (QED) is 0.767. The molecule has 26 heavy (non-hydrogen) atoms. The third-order valence-corrected chi connectivity index (χ3v) is 5.10. The Labute approximate surface area is 151 Å². The third-order valence-electron chi connectivity index (χ3n) is 5.10. The first-order valence-electron chi connectivity index (χ1n) is 9.00. The Morgan fingerprint density at radius 2 is 1.77 bits per heavy atom. The Balaban J connectivity index is 1.33. The average Bonchev–Trinajstić information content (AvgIpc) is 3.48. The number of hydroxylamine groups is 2. The van der Waals surface area contributed by atoms with Gasteiger partial charge in [0.05, 0.1) is 6.04 Å². The highest BCUT2D eigenvalue weighted by Crippen LogP contribution is 2.31. The zero-order valence-electron chi connectivity index (χ0n) is 14.4. The maximum atomic E-state index is 12.6. The molecule has 4 rings (SSSR count). The SMILES string of the molecule is O=C(NNC(=O)[C@@H]1CC[C@@H]2CN1C(=O)N2OCc1ccccc1)C1CC1. The molecular formula is C18H22N4O4. The molecule has 0 unspecified atom stereocenters. The maximum Gasteiger partial charge on any atom is 0.345 e. The van der Waals surface area contributed by atoms with Crippen LogP contribution in [-0.4, -0.2) is 46.4 Å². The van der Waals surface area contributed by atoms with E-state index in [2.05, 4.69) is 10.9 Å². The van der Waals surface area contributed by atoms with Crippen LogP contribution in [0.15, 0.2) is 30.3 Å². The van der Waals surface area contributed by atoms with Gasteiger partial charge >= 0.3 is 6.03 Å². The van der Waals surface area contributed by atoms with Crippen molar-refractivity contribution in [3.63, 3.8) is 0 Å².